The lowest BCUT2D eigenvalue weighted by molar-refractivity contribution is -0.156. The van der Waals surface area contributed by atoms with Crippen LogP contribution in [0.4, 0.5) is 0 Å². The van der Waals surface area contributed by atoms with Crippen LogP contribution in [0.2, 0.25) is 0 Å². The van der Waals surface area contributed by atoms with Gasteiger partial charge in [-0.15, -0.1) is 0 Å². The van der Waals surface area contributed by atoms with Crippen LogP contribution in [0, 0.1) is 0 Å². The molecule has 0 aliphatic rings. The van der Waals surface area contributed by atoms with Gasteiger partial charge in [-0.05, 0) is 27.7 Å². The van der Waals surface area contributed by atoms with Gasteiger partial charge in [-0.3, -0.25) is 4.79 Å². The van der Waals surface area contributed by atoms with Crippen LogP contribution in [0.1, 0.15) is 34.1 Å². The summed E-state index contributed by atoms with van der Waals surface area (Å²) in [5, 5.41) is 9.29. The summed E-state index contributed by atoms with van der Waals surface area (Å²) in [6.07, 6.45) is -0.818. The molecule has 0 spiro atoms. The van der Waals surface area contributed by atoms with Gasteiger partial charge in [0.05, 0.1) is 12.5 Å². The summed E-state index contributed by atoms with van der Waals surface area (Å²) in [5.74, 6) is -0.400. The van der Waals surface area contributed by atoms with Crippen molar-refractivity contribution < 1.29 is 14.6 Å². The average molecular weight is 186 g/mol. The van der Waals surface area contributed by atoms with E-state index >= 15 is 0 Å². The summed E-state index contributed by atoms with van der Waals surface area (Å²) in [4.78, 5) is 11.2. The highest BCUT2D eigenvalue weighted by molar-refractivity contribution is 5.70. The van der Waals surface area contributed by atoms with Crippen molar-refractivity contribution in [2.45, 2.75) is 45.8 Å². The highest BCUT2D eigenvalue weighted by Gasteiger charge is 2.19. The zero-order valence-electron chi connectivity index (χ0n) is 8.76. The molecule has 0 radical (unpaired) electrons. The summed E-state index contributed by atoms with van der Waals surface area (Å²) in [6.45, 7) is 10.6. The van der Waals surface area contributed by atoms with E-state index in [4.69, 9.17) is 4.74 Å². The van der Waals surface area contributed by atoms with Crippen LogP contribution in [0.15, 0.2) is 12.2 Å². The molecular weight excluding hydrogens is 168 g/mol. The van der Waals surface area contributed by atoms with E-state index in [-0.39, 0.29) is 6.42 Å². The number of aliphatic hydroxyl groups excluding tert-OH is 1. The maximum Gasteiger partial charge on any atom is 0.309 e. The molecule has 0 aromatic heterocycles. The van der Waals surface area contributed by atoms with Gasteiger partial charge in [-0.2, -0.15) is 0 Å². The zero-order valence-corrected chi connectivity index (χ0v) is 8.76. The van der Waals surface area contributed by atoms with Crippen LogP contribution in [-0.2, 0) is 9.53 Å². The Labute approximate surface area is 79.4 Å². The van der Waals surface area contributed by atoms with Crippen molar-refractivity contribution >= 4 is 5.97 Å². The number of ether oxygens (including phenoxy) is 1. The maximum atomic E-state index is 11.2. The standard InChI is InChI=1S/C10H18O3/c1-7(2)8(11)6-9(12)13-10(3,4)5/h8,11H,1,6H2,2-5H3/t8-/m1/s1. The highest BCUT2D eigenvalue weighted by atomic mass is 16.6. The summed E-state index contributed by atoms with van der Waals surface area (Å²) >= 11 is 0. The van der Waals surface area contributed by atoms with Gasteiger partial charge in [0.25, 0.3) is 0 Å². The molecule has 0 aromatic rings. The van der Waals surface area contributed by atoms with E-state index in [0.717, 1.165) is 0 Å². The highest BCUT2D eigenvalue weighted by Crippen LogP contribution is 2.11. The molecule has 0 heterocycles. The van der Waals surface area contributed by atoms with Gasteiger partial charge in [0.1, 0.15) is 5.60 Å². The second-order valence-electron chi connectivity index (χ2n) is 4.15. The molecule has 1 N–H and O–H groups in total. The van der Waals surface area contributed by atoms with Crippen molar-refractivity contribution in [1.82, 2.24) is 0 Å². The summed E-state index contributed by atoms with van der Waals surface area (Å²) in [7, 11) is 0. The third-order valence-corrected chi connectivity index (χ3v) is 1.35. The fourth-order valence-electron chi connectivity index (χ4n) is 0.715. The SMILES string of the molecule is C=C(C)[C@H](O)CC(=O)OC(C)(C)C. The lowest BCUT2D eigenvalue weighted by Crippen LogP contribution is -2.26. The Morgan fingerprint density at radius 1 is 1.54 bits per heavy atom. The van der Waals surface area contributed by atoms with E-state index in [2.05, 4.69) is 6.58 Å². The molecule has 1 atom stereocenters. The Balaban J connectivity index is 3.96. The minimum atomic E-state index is -0.796. The predicted molar refractivity (Wildman–Crippen MR) is 51.3 cm³/mol. The minimum absolute atomic E-state index is 0.0212. The molecule has 0 aliphatic heterocycles. The van der Waals surface area contributed by atoms with E-state index in [9.17, 15) is 9.90 Å². The Morgan fingerprint density at radius 3 is 2.31 bits per heavy atom. The molecule has 0 amide bonds. The van der Waals surface area contributed by atoms with Crippen LogP contribution in [0.25, 0.3) is 0 Å². The number of esters is 1. The fraction of sp³-hybridized carbons (Fsp3) is 0.700. The van der Waals surface area contributed by atoms with Gasteiger partial charge >= 0.3 is 5.97 Å². The van der Waals surface area contributed by atoms with Gasteiger partial charge in [0, 0.05) is 0 Å². The molecule has 0 rings (SSSR count). The van der Waals surface area contributed by atoms with E-state index in [0.29, 0.717) is 5.57 Å². The van der Waals surface area contributed by atoms with Crippen LogP contribution in [0.5, 0.6) is 0 Å². The van der Waals surface area contributed by atoms with Crippen molar-refractivity contribution in [2.75, 3.05) is 0 Å². The van der Waals surface area contributed by atoms with Gasteiger partial charge in [0.2, 0.25) is 0 Å². The topological polar surface area (TPSA) is 46.5 Å². The van der Waals surface area contributed by atoms with Gasteiger partial charge < -0.3 is 9.84 Å². The first-order chi connectivity index (χ1) is 5.72. The van der Waals surface area contributed by atoms with Gasteiger partial charge in [-0.1, -0.05) is 12.2 Å². The molecule has 0 saturated carbocycles. The Morgan fingerprint density at radius 2 is 2.00 bits per heavy atom. The fourth-order valence-corrected chi connectivity index (χ4v) is 0.715. The molecule has 0 saturated heterocycles. The molecular formula is C10H18O3. The third kappa shape index (κ3) is 6.34. The van der Waals surface area contributed by atoms with Crippen LogP contribution < -0.4 is 0 Å². The smallest absolute Gasteiger partial charge is 0.309 e. The second-order valence-corrected chi connectivity index (χ2v) is 4.15. The van der Waals surface area contributed by atoms with E-state index in [1.165, 1.54) is 0 Å². The van der Waals surface area contributed by atoms with Crippen molar-refractivity contribution in [3.63, 3.8) is 0 Å². The van der Waals surface area contributed by atoms with Crippen LogP contribution in [0.3, 0.4) is 0 Å². The summed E-state index contributed by atoms with van der Waals surface area (Å²) in [6, 6.07) is 0. The average Bonchev–Trinajstić information content (AvgIpc) is 1.81. The first-order valence-electron chi connectivity index (χ1n) is 4.27. The molecule has 0 fully saturated rings. The van der Waals surface area contributed by atoms with Crippen LogP contribution in [-0.4, -0.2) is 22.8 Å². The predicted octanol–water partition coefficient (Wildman–Crippen LogP) is 1.66. The molecule has 13 heavy (non-hydrogen) atoms. The second kappa shape index (κ2) is 4.42. The van der Waals surface area contributed by atoms with Crippen molar-refractivity contribution in [3.8, 4) is 0 Å². The summed E-state index contributed by atoms with van der Waals surface area (Å²) in [5.41, 5.74) is 0.0807. The van der Waals surface area contributed by atoms with Crippen molar-refractivity contribution in [3.05, 3.63) is 12.2 Å². The Kier molecular flexibility index (Phi) is 4.14. The van der Waals surface area contributed by atoms with E-state index < -0.39 is 17.7 Å². The number of aliphatic hydroxyl groups is 1. The molecule has 0 aromatic carbocycles. The molecule has 3 nitrogen and oxygen atoms in total. The normalized spacial score (nSPS) is 13.6. The third-order valence-electron chi connectivity index (χ3n) is 1.35. The lowest BCUT2D eigenvalue weighted by Gasteiger charge is -2.20. The monoisotopic (exact) mass is 186 g/mol. The summed E-state index contributed by atoms with van der Waals surface area (Å²) < 4.78 is 5.02. The Hall–Kier alpha value is -0.830. The van der Waals surface area contributed by atoms with E-state index in [1.54, 1.807) is 27.7 Å². The Bertz CT molecular complexity index is 201. The zero-order chi connectivity index (χ0) is 10.6. The minimum Gasteiger partial charge on any atom is -0.460 e. The molecule has 0 bridgehead atoms. The lowest BCUT2D eigenvalue weighted by atomic mass is 10.1. The number of hydrogen-bond acceptors (Lipinski definition) is 3. The molecule has 0 aliphatic carbocycles. The molecule has 0 unspecified atom stereocenters. The number of carbonyl (C=O) groups is 1. The quantitative estimate of drug-likeness (QED) is 0.538. The first kappa shape index (κ1) is 12.2. The number of rotatable bonds is 3. The number of hydrogen-bond donors (Lipinski definition) is 1. The number of carbonyl (C=O) groups excluding carboxylic acids is 1. The van der Waals surface area contributed by atoms with Crippen molar-refractivity contribution in [2.24, 2.45) is 0 Å². The van der Waals surface area contributed by atoms with Crippen molar-refractivity contribution in [1.29, 1.82) is 0 Å². The molecule has 76 valence electrons. The first-order valence-corrected chi connectivity index (χ1v) is 4.27. The van der Waals surface area contributed by atoms with Crippen LogP contribution >= 0.6 is 0 Å². The molecule has 3 heteroatoms. The van der Waals surface area contributed by atoms with E-state index in [1.807, 2.05) is 0 Å². The van der Waals surface area contributed by atoms with Gasteiger partial charge in [-0.25, -0.2) is 0 Å². The maximum absolute atomic E-state index is 11.2. The largest absolute Gasteiger partial charge is 0.460 e. The van der Waals surface area contributed by atoms with Gasteiger partial charge in [0.15, 0.2) is 0 Å².